The number of benzene rings is 1. The highest BCUT2D eigenvalue weighted by Crippen LogP contribution is 2.21. The summed E-state index contributed by atoms with van der Waals surface area (Å²) in [6.07, 6.45) is 1.81. The van der Waals surface area contributed by atoms with E-state index in [1.54, 1.807) is 7.11 Å². The van der Waals surface area contributed by atoms with Crippen LogP contribution in [0.4, 0.5) is 0 Å². The highest BCUT2D eigenvalue weighted by atomic mass is 16.5. The molecule has 1 aromatic rings. The molecule has 1 aliphatic heterocycles. The number of aliphatic hydroxyl groups excluding tert-OH is 1. The lowest BCUT2D eigenvalue weighted by molar-refractivity contribution is 0.119. The smallest absolute Gasteiger partial charge is 0.118 e. The van der Waals surface area contributed by atoms with Crippen LogP contribution in [0.1, 0.15) is 31.4 Å². The topological polar surface area (TPSA) is 44.7 Å². The van der Waals surface area contributed by atoms with Gasteiger partial charge in [-0.25, -0.2) is 0 Å². The number of likely N-dealkylation sites (tertiary alicyclic amines) is 1. The molecule has 4 nitrogen and oxygen atoms in total. The van der Waals surface area contributed by atoms with E-state index >= 15 is 0 Å². The molecule has 1 aliphatic rings. The van der Waals surface area contributed by atoms with Gasteiger partial charge in [-0.2, -0.15) is 0 Å². The van der Waals surface area contributed by atoms with Gasteiger partial charge in [0, 0.05) is 12.1 Å². The summed E-state index contributed by atoms with van der Waals surface area (Å²) < 4.78 is 5.14. The summed E-state index contributed by atoms with van der Waals surface area (Å²) >= 11 is 0. The summed E-state index contributed by atoms with van der Waals surface area (Å²) in [6.45, 7) is 4.30. The minimum Gasteiger partial charge on any atom is -0.497 e. The number of ether oxygens (including phenoxy) is 1. The van der Waals surface area contributed by atoms with E-state index in [-0.39, 0.29) is 6.04 Å². The Balaban J connectivity index is 1.88. The molecule has 0 saturated carbocycles. The van der Waals surface area contributed by atoms with Crippen molar-refractivity contribution in [3.05, 3.63) is 29.8 Å². The monoisotopic (exact) mass is 278 g/mol. The van der Waals surface area contributed by atoms with Crippen molar-refractivity contribution in [3.8, 4) is 5.75 Å². The van der Waals surface area contributed by atoms with Crippen molar-refractivity contribution in [2.24, 2.45) is 0 Å². The van der Waals surface area contributed by atoms with Gasteiger partial charge in [-0.05, 0) is 57.6 Å². The van der Waals surface area contributed by atoms with Crippen LogP contribution in [0, 0.1) is 0 Å². The fourth-order valence-corrected chi connectivity index (χ4v) is 2.73. The number of aliphatic hydroxyl groups is 1. The molecule has 0 radical (unpaired) electrons. The van der Waals surface area contributed by atoms with Gasteiger partial charge in [0.15, 0.2) is 0 Å². The Morgan fingerprint density at radius 2 is 1.85 bits per heavy atom. The Morgan fingerprint density at radius 3 is 2.40 bits per heavy atom. The van der Waals surface area contributed by atoms with Crippen molar-refractivity contribution in [3.63, 3.8) is 0 Å². The van der Waals surface area contributed by atoms with Crippen molar-refractivity contribution in [2.45, 2.75) is 38.0 Å². The van der Waals surface area contributed by atoms with E-state index in [4.69, 9.17) is 4.74 Å². The third-order valence-corrected chi connectivity index (χ3v) is 4.15. The van der Waals surface area contributed by atoms with Crippen molar-refractivity contribution in [1.29, 1.82) is 0 Å². The first kappa shape index (κ1) is 15.3. The fourth-order valence-electron chi connectivity index (χ4n) is 2.73. The van der Waals surface area contributed by atoms with Gasteiger partial charge >= 0.3 is 0 Å². The van der Waals surface area contributed by atoms with Crippen molar-refractivity contribution < 1.29 is 9.84 Å². The highest BCUT2D eigenvalue weighted by Gasteiger charge is 2.22. The molecule has 0 spiro atoms. The van der Waals surface area contributed by atoms with Gasteiger partial charge in [0.05, 0.1) is 13.2 Å². The van der Waals surface area contributed by atoms with Gasteiger partial charge < -0.3 is 20.1 Å². The largest absolute Gasteiger partial charge is 0.497 e. The van der Waals surface area contributed by atoms with Crippen molar-refractivity contribution >= 4 is 0 Å². The maximum absolute atomic E-state index is 10.4. The maximum atomic E-state index is 10.4. The quantitative estimate of drug-likeness (QED) is 0.862. The first-order chi connectivity index (χ1) is 9.60. The molecule has 2 unspecified atom stereocenters. The zero-order valence-corrected chi connectivity index (χ0v) is 12.7. The summed E-state index contributed by atoms with van der Waals surface area (Å²) in [5.74, 6) is 0.817. The molecule has 0 aromatic heterocycles. The molecular weight excluding hydrogens is 252 g/mol. The normalized spacial score (nSPS) is 20.6. The van der Waals surface area contributed by atoms with Gasteiger partial charge in [0.25, 0.3) is 0 Å². The molecule has 1 heterocycles. The molecule has 1 saturated heterocycles. The number of piperidine rings is 1. The number of methoxy groups -OCH3 is 1. The lowest BCUT2D eigenvalue weighted by Gasteiger charge is -2.33. The number of nitrogens with one attached hydrogen (secondary N) is 1. The Hall–Kier alpha value is -1.10. The maximum Gasteiger partial charge on any atom is 0.118 e. The van der Waals surface area contributed by atoms with Crippen LogP contribution in [-0.2, 0) is 0 Å². The molecular formula is C16H26N2O2. The lowest BCUT2D eigenvalue weighted by Crippen LogP contribution is -2.46. The molecule has 20 heavy (non-hydrogen) atoms. The number of nitrogens with zero attached hydrogens (tertiary/aromatic N) is 1. The molecule has 1 fully saturated rings. The Bertz CT molecular complexity index is 399. The average molecular weight is 278 g/mol. The van der Waals surface area contributed by atoms with E-state index in [9.17, 15) is 5.11 Å². The van der Waals surface area contributed by atoms with Gasteiger partial charge in [0.1, 0.15) is 5.75 Å². The summed E-state index contributed by atoms with van der Waals surface area (Å²) in [6, 6.07) is 8.19. The minimum atomic E-state index is -0.486. The number of rotatable bonds is 5. The second-order valence-electron chi connectivity index (χ2n) is 5.75. The van der Waals surface area contributed by atoms with Crippen LogP contribution in [0.5, 0.6) is 5.75 Å². The highest BCUT2D eigenvalue weighted by molar-refractivity contribution is 5.29. The van der Waals surface area contributed by atoms with Gasteiger partial charge in [-0.1, -0.05) is 12.1 Å². The summed E-state index contributed by atoms with van der Waals surface area (Å²) in [5, 5.41) is 14.0. The van der Waals surface area contributed by atoms with Crippen LogP contribution in [0.25, 0.3) is 0 Å². The Morgan fingerprint density at radius 1 is 1.25 bits per heavy atom. The average Bonchev–Trinajstić information content (AvgIpc) is 2.49. The molecule has 2 N–H and O–H groups in total. The minimum absolute atomic E-state index is 0.0526. The van der Waals surface area contributed by atoms with Crippen LogP contribution >= 0.6 is 0 Å². The third kappa shape index (κ3) is 3.95. The molecule has 2 atom stereocenters. The zero-order valence-electron chi connectivity index (χ0n) is 12.7. The first-order valence-corrected chi connectivity index (χ1v) is 7.36. The van der Waals surface area contributed by atoms with Gasteiger partial charge in [-0.15, -0.1) is 0 Å². The van der Waals surface area contributed by atoms with E-state index in [2.05, 4.69) is 17.3 Å². The summed E-state index contributed by atoms with van der Waals surface area (Å²) in [7, 11) is 3.81. The molecule has 2 rings (SSSR count). The molecule has 0 amide bonds. The van der Waals surface area contributed by atoms with E-state index in [0.29, 0.717) is 6.04 Å². The standard InChI is InChI=1S/C16H26N2O2/c1-12(17-14-8-10-18(2)11-9-14)16(19)13-4-6-15(20-3)7-5-13/h4-7,12,14,16-17,19H,8-11H2,1-3H3. The van der Waals surface area contributed by atoms with E-state index in [0.717, 1.165) is 37.2 Å². The molecule has 0 bridgehead atoms. The predicted octanol–water partition coefficient (Wildman–Crippen LogP) is 1.80. The van der Waals surface area contributed by atoms with Gasteiger partial charge in [-0.3, -0.25) is 0 Å². The van der Waals surface area contributed by atoms with Crippen molar-refractivity contribution in [2.75, 3.05) is 27.2 Å². The van der Waals surface area contributed by atoms with Crippen LogP contribution in [0.3, 0.4) is 0 Å². The van der Waals surface area contributed by atoms with Crippen molar-refractivity contribution in [1.82, 2.24) is 10.2 Å². The molecule has 112 valence electrons. The van der Waals surface area contributed by atoms with Gasteiger partial charge in [0.2, 0.25) is 0 Å². The lowest BCUT2D eigenvalue weighted by atomic mass is 9.99. The first-order valence-electron chi connectivity index (χ1n) is 7.36. The molecule has 1 aromatic carbocycles. The van der Waals surface area contributed by atoms with E-state index < -0.39 is 6.10 Å². The molecule has 4 heteroatoms. The molecule has 0 aliphatic carbocycles. The van der Waals surface area contributed by atoms with Crippen LogP contribution < -0.4 is 10.1 Å². The Labute approximate surface area is 121 Å². The zero-order chi connectivity index (χ0) is 14.5. The number of hydrogen-bond donors (Lipinski definition) is 2. The Kier molecular flexibility index (Phi) is 5.40. The third-order valence-electron chi connectivity index (χ3n) is 4.15. The summed E-state index contributed by atoms with van der Waals surface area (Å²) in [5.41, 5.74) is 0.929. The van der Waals surface area contributed by atoms with Crippen LogP contribution in [0.15, 0.2) is 24.3 Å². The number of hydrogen-bond acceptors (Lipinski definition) is 4. The fraction of sp³-hybridized carbons (Fsp3) is 0.625. The van der Waals surface area contributed by atoms with Crippen LogP contribution in [-0.4, -0.2) is 49.3 Å². The second kappa shape index (κ2) is 7.07. The predicted molar refractivity (Wildman–Crippen MR) is 81.1 cm³/mol. The SMILES string of the molecule is COc1ccc(C(O)C(C)NC2CCN(C)CC2)cc1. The van der Waals surface area contributed by atoms with Crippen LogP contribution in [0.2, 0.25) is 0 Å². The second-order valence-corrected chi connectivity index (χ2v) is 5.75. The van der Waals surface area contributed by atoms with E-state index in [1.165, 1.54) is 0 Å². The summed E-state index contributed by atoms with van der Waals surface area (Å²) in [4.78, 5) is 2.35. The van der Waals surface area contributed by atoms with E-state index in [1.807, 2.05) is 31.2 Å².